The number of nitrogens with zero attached hydrogens (tertiary/aromatic N) is 4. The van der Waals surface area contributed by atoms with E-state index in [2.05, 4.69) is 26.8 Å². The van der Waals surface area contributed by atoms with Crippen LogP contribution in [0.15, 0.2) is 37.2 Å². The lowest BCUT2D eigenvalue weighted by atomic mass is 10.0. The molecule has 3 heterocycles. The Bertz CT molecular complexity index is 968. The Kier molecular flexibility index (Phi) is 6.76. The van der Waals surface area contributed by atoms with Gasteiger partial charge in [0.25, 0.3) is 5.91 Å². The number of nitrogens with one attached hydrogen (secondary N) is 1. The van der Waals surface area contributed by atoms with Gasteiger partial charge in [-0.05, 0) is 36.8 Å². The predicted molar refractivity (Wildman–Crippen MR) is 110 cm³/mol. The molecule has 2 amide bonds. The third-order valence-electron chi connectivity index (χ3n) is 4.73. The van der Waals surface area contributed by atoms with Crippen LogP contribution in [0.25, 0.3) is 11.4 Å². The Hall–Kier alpha value is -2.88. The second-order valence-corrected chi connectivity index (χ2v) is 7.21. The van der Waals surface area contributed by atoms with Gasteiger partial charge in [-0.25, -0.2) is 15.0 Å². The highest BCUT2D eigenvalue weighted by molar-refractivity contribution is 6.29. The fourth-order valence-corrected chi connectivity index (χ4v) is 3.35. The van der Waals surface area contributed by atoms with E-state index in [-0.39, 0.29) is 35.8 Å². The van der Waals surface area contributed by atoms with Crippen LogP contribution in [0, 0.1) is 0 Å². The SMILES string of the molecule is C=CC(=O)N1CC(c2cc(Cl)nc(-c3cc(C(=O)NC)ncn3)c2)O[C@@H]([C@H](C)O)C1. The summed E-state index contributed by atoms with van der Waals surface area (Å²) in [5.74, 6) is -0.602. The minimum Gasteiger partial charge on any atom is -0.391 e. The second kappa shape index (κ2) is 9.29. The molecule has 1 fully saturated rings. The minimum atomic E-state index is -0.776. The van der Waals surface area contributed by atoms with Crippen LogP contribution in [-0.2, 0) is 9.53 Å². The maximum atomic E-state index is 12.2. The van der Waals surface area contributed by atoms with E-state index in [1.54, 1.807) is 24.0 Å². The predicted octanol–water partition coefficient (Wildman–Crippen LogP) is 1.39. The first-order valence-electron chi connectivity index (χ1n) is 9.29. The van der Waals surface area contributed by atoms with Crippen molar-refractivity contribution in [3.05, 3.63) is 53.6 Å². The molecule has 10 heteroatoms. The van der Waals surface area contributed by atoms with Gasteiger partial charge < -0.3 is 20.1 Å². The van der Waals surface area contributed by atoms with Gasteiger partial charge in [0.2, 0.25) is 5.91 Å². The van der Waals surface area contributed by atoms with E-state index >= 15 is 0 Å². The molecule has 1 aliphatic heterocycles. The molecule has 158 valence electrons. The maximum absolute atomic E-state index is 12.2. The Morgan fingerprint density at radius 2 is 2.10 bits per heavy atom. The average molecular weight is 432 g/mol. The molecule has 2 N–H and O–H groups in total. The second-order valence-electron chi connectivity index (χ2n) is 6.83. The van der Waals surface area contributed by atoms with Crippen molar-refractivity contribution in [3.63, 3.8) is 0 Å². The molecule has 2 aromatic rings. The zero-order chi connectivity index (χ0) is 21.8. The van der Waals surface area contributed by atoms with Crippen molar-refractivity contribution >= 4 is 23.4 Å². The van der Waals surface area contributed by atoms with E-state index < -0.39 is 18.3 Å². The highest BCUT2D eigenvalue weighted by Crippen LogP contribution is 2.30. The Morgan fingerprint density at radius 1 is 1.33 bits per heavy atom. The molecule has 0 radical (unpaired) electrons. The summed E-state index contributed by atoms with van der Waals surface area (Å²) >= 11 is 6.24. The highest BCUT2D eigenvalue weighted by Gasteiger charge is 2.33. The molecule has 1 aliphatic rings. The number of morpholine rings is 1. The molecule has 1 saturated heterocycles. The monoisotopic (exact) mass is 431 g/mol. The Morgan fingerprint density at radius 3 is 2.77 bits per heavy atom. The lowest BCUT2D eigenvalue weighted by molar-refractivity contribution is -0.152. The summed E-state index contributed by atoms with van der Waals surface area (Å²) in [6.07, 6.45) is 0.617. The Balaban J connectivity index is 1.97. The van der Waals surface area contributed by atoms with E-state index in [0.29, 0.717) is 17.0 Å². The number of aliphatic hydroxyl groups excluding tert-OH is 1. The van der Waals surface area contributed by atoms with Crippen LogP contribution < -0.4 is 5.32 Å². The first-order valence-corrected chi connectivity index (χ1v) is 9.67. The standard InChI is InChI=1S/C20H22ClN5O4/c1-4-19(28)26-8-16(11(2)27)30-17(9-26)12-5-14(25-18(21)6-12)13-7-15(20(29)22-3)24-10-23-13/h4-7,10-11,16-17,27H,1,8-9H2,2-3H3,(H,22,29)/t11-,16+,17?/m0/s1. The van der Waals surface area contributed by atoms with E-state index in [4.69, 9.17) is 16.3 Å². The molecule has 1 unspecified atom stereocenters. The van der Waals surface area contributed by atoms with Crippen LogP contribution in [0.4, 0.5) is 0 Å². The van der Waals surface area contributed by atoms with Gasteiger partial charge in [-0.15, -0.1) is 0 Å². The van der Waals surface area contributed by atoms with E-state index in [9.17, 15) is 14.7 Å². The first-order chi connectivity index (χ1) is 14.3. The zero-order valence-corrected chi connectivity index (χ0v) is 17.3. The summed E-state index contributed by atoms with van der Waals surface area (Å²) in [7, 11) is 1.51. The number of halogens is 1. The van der Waals surface area contributed by atoms with E-state index in [1.807, 2.05) is 0 Å². The molecule has 0 saturated carbocycles. The van der Waals surface area contributed by atoms with Crippen molar-refractivity contribution in [1.29, 1.82) is 0 Å². The molecular weight excluding hydrogens is 410 g/mol. The van der Waals surface area contributed by atoms with Crippen molar-refractivity contribution in [1.82, 2.24) is 25.2 Å². The van der Waals surface area contributed by atoms with Crippen LogP contribution in [0.2, 0.25) is 5.15 Å². The van der Waals surface area contributed by atoms with Crippen molar-refractivity contribution < 1.29 is 19.4 Å². The smallest absolute Gasteiger partial charge is 0.269 e. The van der Waals surface area contributed by atoms with Crippen molar-refractivity contribution in [2.45, 2.75) is 25.2 Å². The van der Waals surface area contributed by atoms with Crippen molar-refractivity contribution in [2.75, 3.05) is 20.1 Å². The summed E-state index contributed by atoms with van der Waals surface area (Å²) in [5, 5.41) is 12.7. The summed E-state index contributed by atoms with van der Waals surface area (Å²) in [6, 6.07) is 4.88. The van der Waals surface area contributed by atoms with Gasteiger partial charge >= 0.3 is 0 Å². The molecule has 0 spiro atoms. The molecule has 0 aliphatic carbocycles. The summed E-state index contributed by atoms with van der Waals surface area (Å²) < 4.78 is 6.02. The van der Waals surface area contributed by atoms with Gasteiger partial charge in [0.15, 0.2) is 0 Å². The van der Waals surface area contributed by atoms with Crippen LogP contribution in [-0.4, -0.2) is 69.1 Å². The number of hydrogen-bond acceptors (Lipinski definition) is 7. The molecule has 0 aromatic carbocycles. The topological polar surface area (TPSA) is 118 Å². The van der Waals surface area contributed by atoms with Crippen molar-refractivity contribution in [3.8, 4) is 11.4 Å². The number of ether oxygens (including phenoxy) is 1. The van der Waals surface area contributed by atoms with E-state index in [0.717, 1.165) is 0 Å². The third-order valence-corrected chi connectivity index (χ3v) is 4.92. The number of rotatable bonds is 5. The summed E-state index contributed by atoms with van der Waals surface area (Å²) in [4.78, 5) is 38.0. The van der Waals surface area contributed by atoms with Gasteiger partial charge in [0, 0.05) is 13.6 Å². The average Bonchev–Trinajstić information content (AvgIpc) is 2.77. The molecule has 0 bridgehead atoms. The van der Waals surface area contributed by atoms with Gasteiger partial charge in [0.1, 0.15) is 29.4 Å². The highest BCUT2D eigenvalue weighted by atomic mass is 35.5. The summed E-state index contributed by atoms with van der Waals surface area (Å²) in [6.45, 7) is 5.66. The third kappa shape index (κ3) is 4.81. The molecule has 3 rings (SSSR count). The molecule has 9 nitrogen and oxygen atoms in total. The number of pyridine rings is 1. The fraction of sp³-hybridized carbons (Fsp3) is 0.350. The van der Waals surface area contributed by atoms with Gasteiger partial charge in [-0.3, -0.25) is 9.59 Å². The minimum absolute atomic E-state index is 0.191. The first kappa shape index (κ1) is 21.8. The van der Waals surface area contributed by atoms with Crippen LogP contribution in [0.5, 0.6) is 0 Å². The normalized spacial score (nSPS) is 19.8. The Labute approximate surface area is 178 Å². The molecule has 3 atom stereocenters. The van der Waals surface area contributed by atoms with Gasteiger partial charge in [0.05, 0.1) is 24.0 Å². The fourth-order valence-electron chi connectivity index (χ4n) is 3.13. The lowest BCUT2D eigenvalue weighted by Crippen LogP contribution is -2.50. The quantitative estimate of drug-likeness (QED) is 0.542. The number of aromatic nitrogens is 3. The number of hydrogen-bond donors (Lipinski definition) is 2. The molecular formula is C20H22ClN5O4. The number of carbonyl (C=O) groups is 2. The maximum Gasteiger partial charge on any atom is 0.269 e. The van der Waals surface area contributed by atoms with Gasteiger partial charge in [-0.2, -0.15) is 0 Å². The zero-order valence-electron chi connectivity index (χ0n) is 16.6. The number of aliphatic hydroxyl groups is 1. The van der Waals surface area contributed by atoms with Crippen molar-refractivity contribution in [2.24, 2.45) is 0 Å². The van der Waals surface area contributed by atoms with Gasteiger partial charge in [-0.1, -0.05) is 18.2 Å². The lowest BCUT2D eigenvalue weighted by Gasteiger charge is -2.39. The molecule has 30 heavy (non-hydrogen) atoms. The summed E-state index contributed by atoms with van der Waals surface area (Å²) in [5.41, 5.74) is 1.69. The largest absolute Gasteiger partial charge is 0.391 e. The number of carbonyl (C=O) groups excluding carboxylic acids is 2. The van der Waals surface area contributed by atoms with Crippen LogP contribution in [0.1, 0.15) is 29.1 Å². The molecule has 2 aromatic heterocycles. The van der Waals surface area contributed by atoms with E-state index in [1.165, 1.54) is 25.5 Å². The van der Waals surface area contributed by atoms with Crippen LogP contribution in [0.3, 0.4) is 0 Å². The van der Waals surface area contributed by atoms with Crippen LogP contribution >= 0.6 is 11.6 Å². The number of amides is 2.